The summed E-state index contributed by atoms with van der Waals surface area (Å²) in [6.45, 7) is 0.527. The Hall–Kier alpha value is -2.84. The lowest BCUT2D eigenvalue weighted by Gasteiger charge is -2.07. The molecule has 27 heavy (non-hydrogen) atoms. The highest BCUT2D eigenvalue weighted by molar-refractivity contribution is 6.35. The van der Waals surface area contributed by atoms with Crippen LogP contribution in [-0.2, 0) is 27.1 Å². The number of benzene rings is 1. The molecule has 0 aliphatic heterocycles. The van der Waals surface area contributed by atoms with Crippen molar-refractivity contribution in [1.29, 1.82) is 0 Å². The zero-order valence-corrected chi connectivity index (χ0v) is 15.7. The molecule has 0 fully saturated rings. The highest BCUT2D eigenvalue weighted by Gasteiger charge is 2.18. The summed E-state index contributed by atoms with van der Waals surface area (Å²) in [5.74, 6) is 0.676. The second-order valence-corrected chi connectivity index (χ2v) is 6.93. The van der Waals surface area contributed by atoms with Crippen molar-refractivity contribution in [3.8, 4) is 0 Å². The quantitative estimate of drug-likeness (QED) is 0.548. The van der Waals surface area contributed by atoms with Crippen molar-refractivity contribution in [1.82, 2.24) is 23.7 Å². The number of aromatic amines is 1. The van der Waals surface area contributed by atoms with Crippen LogP contribution < -0.4 is 17.0 Å². The number of halogens is 1. The van der Waals surface area contributed by atoms with Gasteiger partial charge in [-0.2, -0.15) is 0 Å². The minimum Gasteiger partial charge on any atom is -0.357 e. The maximum Gasteiger partial charge on any atom is 0.332 e. The van der Waals surface area contributed by atoms with Gasteiger partial charge in [-0.3, -0.25) is 13.9 Å². The van der Waals surface area contributed by atoms with Crippen molar-refractivity contribution in [3.05, 3.63) is 61.6 Å². The van der Waals surface area contributed by atoms with Gasteiger partial charge in [-0.15, -0.1) is 0 Å². The molecule has 140 valence electrons. The van der Waals surface area contributed by atoms with Gasteiger partial charge in [0.05, 0.1) is 6.54 Å². The molecule has 4 rings (SSSR count). The van der Waals surface area contributed by atoms with Crippen LogP contribution in [0.3, 0.4) is 0 Å². The summed E-state index contributed by atoms with van der Waals surface area (Å²) in [6, 6.07) is 7.40. The molecule has 0 spiro atoms. The zero-order chi connectivity index (χ0) is 19.3. The van der Waals surface area contributed by atoms with Crippen LogP contribution in [0.2, 0.25) is 5.02 Å². The number of nitrogens with two attached hydrogens (primary N) is 1. The molecule has 4 aromatic rings. The van der Waals surface area contributed by atoms with Crippen LogP contribution in [0.15, 0.2) is 33.9 Å². The standard InChI is InChI=1S/C18H19ClN6O2/c1-23-14(6-7-20)22-16-15(23)17(26)25(18(27)24(16)2)9-10-8-11-12(19)4-3-5-13(11)21-10/h3-5,8,21H,6-7,9,20H2,1-2H3. The highest BCUT2D eigenvalue weighted by Crippen LogP contribution is 2.24. The van der Waals surface area contributed by atoms with E-state index in [2.05, 4.69) is 9.97 Å². The lowest BCUT2D eigenvalue weighted by atomic mass is 10.2. The number of nitrogens with one attached hydrogen (secondary N) is 1. The molecule has 0 unspecified atom stereocenters. The Balaban J connectivity index is 1.90. The minimum absolute atomic E-state index is 0.115. The molecule has 0 bridgehead atoms. The molecule has 3 heterocycles. The molecule has 0 saturated heterocycles. The molecule has 1 aromatic carbocycles. The molecule has 3 aromatic heterocycles. The summed E-state index contributed by atoms with van der Waals surface area (Å²) >= 11 is 6.22. The van der Waals surface area contributed by atoms with Crippen LogP contribution in [0, 0.1) is 0 Å². The lowest BCUT2D eigenvalue weighted by molar-refractivity contribution is 0.648. The third-order valence-corrected chi connectivity index (χ3v) is 5.15. The lowest BCUT2D eigenvalue weighted by Crippen LogP contribution is -2.39. The van der Waals surface area contributed by atoms with E-state index in [4.69, 9.17) is 17.3 Å². The Morgan fingerprint density at radius 3 is 2.70 bits per heavy atom. The van der Waals surface area contributed by atoms with Crippen molar-refractivity contribution >= 4 is 33.7 Å². The first kappa shape index (κ1) is 17.6. The van der Waals surface area contributed by atoms with E-state index in [0.29, 0.717) is 35.0 Å². The molecule has 0 atom stereocenters. The van der Waals surface area contributed by atoms with Gasteiger partial charge < -0.3 is 15.3 Å². The third kappa shape index (κ3) is 2.68. The number of aryl methyl sites for hydroxylation is 2. The van der Waals surface area contributed by atoms with Crippen molar-refractivity contribution < 1.29 is 0 Å². The monoisotopic (exact) mass is 386 g/mol. The SMILES string of the molecule is Cn1c(CCN)nc2c1c(=O)n(Cc1cc3c(Cl)cccc3[nH]1)c(=O)n2C. The van der Waals surface area contributed by atoms with Gasteiger partial charge in [-0.1, -0.05) is 17.7 Å². The molecule has 3 N–H and O–H groups in total. The zero-order valence-electron chi connectivity index (χ0n) is 15.0. The van der Waals surface area contributed by atoms with E-state index in [1.807, 2.05) is 18.2 Å². The molecule has 8 nitrogen and oxygen atoms in total. The molecular weight excluding hydrogens is 368 g/mol. The summed E-state index contributed by atoms with van der Waals surface area (Å²) in [5, 5.41) is 1.47. The van der Waals surface area contributed by atoms with Crippen LogP contribution in [0.5, 0.6) is 0 Å². The van der Waals surface area contributed by atoms with E-state index in [9.17, 15) is 9.59 Å². The van der Waals surface area contributed by atoms with Crippen LogP contribution >= 0.6 is 11.6 Å². The van der Waals surface area contributed by atoms with E-state index in [1.165, 1.54) is 9.13 Å². The molecule has 0 aliphatic rings. The minimum atomic E-state index is -0.422. The molecule has 0 aliphatic carbocycles. The fourth-order valence-electron chi connectivity index (χ4n) is 3.41. The first-order chi connectivity index (χ1) is 12.9. The van der Waals surface area contributed by atoms with Crippen LogP contribution in [0.1, 0.15) is 11.5 Å². The molecular formula is C18H19ClN6O2. The number of hydrogen-bond donors (Lipinski definition) is 2. The van der Waals surface area contributed by atoms with Gasteiger partial charge in [0.25, 0.3) is 5.56 Å². The summed E-state index contributed by atoms with van der Waals surface area (Å²) in [7, 11) is 3.38. The fourth-order valence-corrected chi connectivity index (χ4v) is 3.64. The number of fused-ring (bicyclic) bond motifs is 2. The van der Waals surface area contributed by atoms with E-state index in [1.54, 1.807) is 24.7 Å². The Morgan fingerprint density at radius 1 is 1.22 bits per heavy atom. The predicted molar refractivity (Wildman–Crippen MR) is 105 cm³/mol. The maximum atomic E-state index is 13.0. The van der Waals surface area contributed by atoms with Crippen molar-refractivity contribution in [2.24, 2.45) is 19.8 Å². The summed E-state index contributed by atoms with van der Waals surface area (Å²) in [4.78, 5) is 33.5. The van der Waals surface area contributed by atoms with Gasteiger partial charge in [-0.25, -0.2) is 9.78 Å². The van der Waals surface area contributed by atoms with Gasteiger partial charge in [0.1, 0.15) is 5.82 Å². The van der Waals surface area contributed by atoms with Gasteiger partial charge in [-0.05, 0) is 24.7 Å². The Bertz CT molecular complexity index is 1290. The Kier molecular flexibility index (Phi) is 4.16. The van der Waals surface area contributed by atoms with Gasteiger partial charge >= 0.3 is 5.69 Å². The van der Waals surface area contributed by atoms with E-state index < -0.39 is 5.69 Å². The van der Waals surface area contributed by atoms with Gasteiger partial charge in [0, 0.05) is 42.1 Å². The molecule has 9 heteroatoms. The van der Waals surface area contributed by atoms with E-state index in [0.717, 1.165) is 16.6 Å². The number of nitrogens with zero attached hydrogens (tertiary/aromatic N) is 4. The Labute approximate surface area is 158 Å². The normalized spacial score (nSPS) is 11.7. The summed E-state index contributed by atoms with van der Waals surface area (Å²) in [5.41, 5.74) is 7.15. The highest BCUT2D eigenvalue weighted by atomic mass is 35.5. The summed E-state index contributed by atoms with van der Waals surface area (Å²) in [6.07, 6.45) is 0.527. The Morgan fingerprint density at radius 2 is 2.00 bits per heavy atom. The third-order valence-electron chi connectivity index (χ3n) is 4.82. The molecule has 0 radical (unpaired) electrons. The maximum absolute atomic E-state index is 13.0. The average molecular weight is 387 g/mol. The number of H-pyrrole nitrogens is 1. The first-order valence-electron chi connectivity index (χ1n) is 8.53. The number of rotatable bonds is 4. The van der Waals surface area contributed by atoms with Crippen LogP contribution in [-0.4, -0.2) is 30.2 Å². The number of aromatic nitrogens is 5. The number of imidazole rings is 1. The van der Waals surface area contributed by atoms with E-state index in [-0.39, 0.29) is 12.1 Å². The second kappa shape index (κ2) is 6.40. The van der Waals surface area contributed by atoms with Crippen LogP contribution in [0.4, 0.5) is 0 Å². The smallest absolute Gasteiger partial charge is 0.332 e. The number of hydrogen-bond acceptors (Lipinski definition) is 4. The first-order valence-corrected chi connectivity index (χ1v) is 8.91. The average Bonchev–Trinajstić information content (AvgIpc) is 3.20. The van der Waals surface area contributed by atoms with Crippen molar-refractivity contribution in [2.75, 3.05) is 6.54 Å². The van der Waals surface area contributed by atoms with Crippen molar-refractivity contribution in [2.45, 2.75) is 13.0 Å². The predicted octanol–water partition coefficient (Wildman–Crippen LogP) is 1.12. The molecule has 0 amide bonds. The van der Waals surface area contributed by atoms with Gasteiger partial charge in [0.2, 0.25) is 0 Å². The second-order valence-electron chi connectivity index (χ2n) is 6.53. The molecule has 0 saturated carbocycles. The van der Waals surface area contributed by atoms with E-state index >= 15 is 0 Å². The topological polar surface area (TPSA) is 104 Å². The largest absolute Gasteiger partial charge is 0.357 e. The summed E-state index contributed by atoms with van der Waals surface area (Å²) < 4.78 is 4.31. The fraction of sp³-hybridized carbons (Fsp3) is 0.278. The van der Waals surface area contributed by atoms with Gasteiger partial charge in [0.15, 0.2) is 11.2 Å². The van der Waals surface area contributed by atoms with Crippen molar-refractivity contribution in [3.63, 3.8) is 0 Å². The van der Waals surface area contributed by atoms with Crippen LogP contribution in [0.25, 0.3) is 22.1 Å².